The lowest BCUT2D eigenvalue weighted by Gasteiger charge is -2.39. The van der Waals surface area contributed by atoms with Crippen molar-refractivity contribution in [2.75, 3.05) is 38.4 Å². The Morgan fingerprint density at radius 2 is 2.38 bits per heavy atom. The first-order valence-electron chi connectivity index (χ1n) is 7.12. The average molecular weight is 352 g/mol. The van der Waals surface area contributed by atoms with Crippen LogP contribution in [0.5, 0.6) is 0 Å². The van der Waals surface area contributed by atoms with Gasteiger partial charge in [0.2, 0.25) is 0 Å². The van der Waals surface area contributed by atoms with Gasteiger partial charge in [-0.05, 0) is 30.4 Å². The summed E-state index contributed by atoms with van der Waals surface area (Å²) in [6.07, 6.45) is 3.66. The van der Waals surface area contributed by atoms with Crippen LogP contribution < -0.4 is 9.96 Å². The molecule has 1 aromatic rings. The lowest BCUT2D eigenvalue weighted by Crippen LogP contribution is -2.56. The molecule has 2 atom stereocenters. The fourth-order valence-electron chi connectivity index (χ4n) is 2.49. The van der Waals surface area contributed by atoms with Crippen LogP contribution in [-0.2, 0) is 0 Å². The summed E-state index contributed by atoms with van der Waals surface area (Å²) >= 11 is 8.64. The first-order chi connectivity index (χ1) is 10.1. The van der Waals surface area contributed by atoms with Crippen LogP contribution >= 0.6 is 34.7 Å². The van der Waals surface area contributed by atoms with Gasteiger partial charge in [-0.1, -0.05) is 23.8 Å². The molecule has 0 saturated carbocycles. The van der Waals surface area contributed by atoms with E-state index in [0.29, 0.717) is 17.7 Å². The average Bonchev–Trinajstić information content (AvgIpc) is 3.06. The molecule has 1 aliphatic heterocycles. The van der Waals surface area contributed by atoms with Crippen LogP contribution in [0, 0.1) is 5.21 Å². The largest absolute Gasteiger partial charge is 0.623 e. The standard InChI is InChI=1S/C12H22ClN5OS2/c1-3-7-17-8-10(14-6-4-5-13)18(19,9-17)11-15-16-12(20-2)21-11/h10,14H,3-9H2,1-2H3. The quantitative estimate of drug-likeness (QED) is 0.255. The van der Waals surface area contributed by atoms with E-state index in [4.69, 9.17) is 11.6 Å². The molecule has 9 heteroatoms. The Hall–Kier alpha value is 0.0400. The van der Waals surface area contributed by atoms with Gasteiger partial charge in [0.05, 0.1) is 6.54 Å². The minimum atomic E-state index is -0.444. The van der Waals surface area contributed by atoms with Crippen molar-refractivity contribution in [3.8, 4) is 0 Å². The van der Waals surface area contributed by atoms with E-state index in [9.17, 15) is 5.21 Å². The van der Waals surface area contributed by atoms with Gasteiger partial charge >= 0.3 is 5.13 Å². The van der Waals surface area contributed by atoms with Gasteiger partial charge in [-0.15, -0.1) is 16.7 Å². The number of alkyl halides is 1. The predicted octanol–water partition coefficient (Wildman–Crippen LogP) is 2.29. The monoisotopic (exact) mass is 351 g/mol. The molecule has 21 heavy (non-hydrogen) atoms. The second-order valence-corrected chi connectivity index (χ2v) is 7.47. The third-order valence-corrected chi connectivity index (χ3v) is 5.75. The van der Waals surface area contributed by atoms with Crippen molar-refractivity contribution in [3.63, 3.8) is 0 Å². The Bertz CT molecular complexity index is 449. The molecule has 1 fully saturated rings. The summed E-state index contributed by atoms with van der Waals surface area (Å²) < 4.78 is 0.396. The molecule has 1 aliphatic rings. The molecule has 0 aliphatic carbocycles. The zero-order valence-electron chi connectivity index (χ0n) is 12.4. The topological polar surface area (TPSA) is 64.1 Å². The highest BCUT2D eigenvalue weighted by molar-refractivity contribution is 8.00. The number of quaternary nitrogens is 1. The summed E-state index contributed by atoms with van der Waals surface area (Å²) in [4.78, 5) is 2.20. The van der Waals surface area contributed by atoms with Crippen LogP contribution in [0.4, 0.5) is 5.13 Å². The number of thioether (sulfide) groups is 1. The molecule has 1 N–H and O–H groups in total. The van der Waals surface area contributed by atoms with Crippen molar-refractivity contribution < 1.29 is 0 Å². The molecule has 0 spiro atoms. The molecular formula is C12H22ClN5OS2. The minimum Gasteiger partial charge on any atom is -0.623 e. The third kappa shape index (κ3) is 4.07. The van der Waals surface area contributed by atoms with Crippen molar-refractivity contribution in [1.82, 2.24) is 25.1 Å². The molecule has 120 valence electrons. The van der Waals surface area contributed by atoms with Crippen molar-refractivity contribution in [2.24, 2.45) is 0 Å². The second-order valence-electron chi connectivity index (χ2n) is 5.08. The number of nitrogens with one attached hydrogen (secondary N) is 1. The maximum atomic E-state index is 13.3. The smallest absolute Gasteiger partial charge is 0.309 e. The van der Waals surface area contributed by atoms with Gasteiger partial charge in [-0.2, -0.15) is 0 Å². The Kier molecular flexibility index (Phi) is 6.67. The predicted molar refractivity (Wildman–Crippen MR) is 90.7 cm³/mol. The van der Waals surface area contributed by atoms with E-state index < -0.39 is 4.65 Å². The molecule has 2 unspecified atom stereocenters. The SMILES string of the molecule is CCCN1CC(NCCCCl)[N+]([O-])(c2nnc(SC)s2)C1. The zero-order chi connectivity index (χ0) is 15.3. The highest BCUT2D eigenvalue weighted by Gasteiger charge is 2.43. The number of aromatic nitrogens is 2. The van der Waals surface area contributed by atoms with Crippen LogP contribution in [0.15, 0.2) is 4.34 Å². The van der Waals surface area contributed by atoms with E-state index >= 15 is 0 Å². The van der Waals surface area contributed by atoms with Crippen LogP contribution in [0.1, 0.15) is 19.8 Å². The summed E-state index contributed by atoms with van der Waals surface area (Å²) in [6, 6.07) is 0. The Balaban J connectivity index is 2.14. The maximum absolute atomic E-state index is 13.3. The number of hydroxylamine groups is 2. The van der Waals surface area contributed by atoms with Crippen molar-refractivity contribution in [1.29, 1.82) is 0 Å². The number of hydrogen-bond acceptors (Lipinski definition) is 7. The van der Waals surface area contributed by atoms with E-state index in [2.05, 4.69) is 27.3 Å². The summed E-state index contributed by atoms with van der Waals surface area (Å²) in [5.74, 6) is 0.604. The third-order valence-electron chi connectivity index (χ3n) is 3.47. The van der Waals surface area contributed by atoms with Crippen LogP contribution in [-0.4, -0.2) is 59.7 Å². The van der Waals surface area contributed by atoms with Gasteiger partial charge in [0.25, 0.3) is 0 Å². The van der Waals surface area contributed by atoms with Gasteiger partial charge in [0, 0.05) is 19.0 Å². The van der Waals surface area contributed by atoms with Gasteiger partial charge in [0.15, 0.2) is 10.5 Å². The lowest BCUT2D eigenvalue weighted by molar-refractivity contribution is 0.271. The molecule has 0 bridgehead atoms. The Labute approximate surface area is 139 Å². The minimum absolute atomic E-state index is 0.192. The lowest BCUT2D eigenvalue weighted by atomic mass is 10.4. The van der Waals surface area contributed by atoms with Crippen LogP contribution in [0.3, 0.4) is 0 Å². The molecular weight excluding hydrogens is 330 g/mol. The highest BCUT2D eigenvalue weighted by atomic mass is 35.5. The molecule has 2 rings (SSSR count). The van der Waals surface area contributed by atoms with Crippen molar-refractivity contribution in [2.45, 2.75) is 30.3 Å². The van der Waals surface area contributed by atoms with Gasteiger partial charge in [-0.3, -0.25) is 9.96 Å². The van der Waals surface area contributed by atoms with Gasteiger partial charge in [-0.25, -0.2) is 4.90 Å². The van der Waals surface area contributed by atoms with E-state index in [1.54, 1.807) is 0 Å². The Morgan fingerprint density at radius 3 is 3.00 bits per heavy atom. The fraction of sp³-hybridized carbons (Fsp3) is 0.833. The highest BCUT2D eigenvalue weighted by Crippen LogP contribution is 2.35. The van der Waals surface area contributed by atoms with E-state index in [1.165, 1.54) is 23.1 Å². The van der Waals surface area contributed by atoms with Crippen molar-refractivity contribution in [3.05, 3.63) is 5.21 Å². The van der Waals surface area contributed by atoms with E-state index in [0.717, 1.165) is 36.8 Å². The molecule has 2 heterocycles. The molecule has 0 aromatic carbocycles. The molecule has 0 amide bonds. The van der Waals surface area contributed by atoms with E-state index in [1.807, 2.05) is 6.26 Å². The number of nitrogens with zero attached hydrogens (tertiary/aromatic N) is 4. The summed E-state index contributed by atoms with van der Waals surface area (Å²) in [5.41, 5.74) is 0. The van der Waals surface area contributed by atoms with Crippen molar-refractivity contribution >= 4 is 39.8 Å². The molecule has 6 nitrogen and oxygen atoms in total. The Morgan fingerprint density at radius 1 is 1.57 bits per heavy atom. The van der Waals surface area contributed by atoms with Crippen LogP contribution in [0.2, 0.25) is 0 Å². The number of hydrogen-bond donors (Lipinski definition) is 1. The van der Waals surface area contributed by atoms with Gasteiger partial charge in [0.1, 0.15) is 6.67 Å². The first-order valence-corrected chi connectivity index (χ1v) is 9.70. The second kappa shape index (κ2) is 8.05. The van der Waals surface area contributed by atoms with Crippen LogP contribution in [0.25, 0.3) is 0 Å². The number of halogens is 1. The van der Waals surface area contributed by atoms with E-state index in [-0.39, 0.29) is 6.17 Å². The first kappa shape index (κ1) is 17.4. The summed E-state index contributed by atoms with van der Waals surface area (Å²) in [5, 5.41) is 25.4. The molecule has 1 saturated heterocycles. The molecule has 1 aromatic heterocycles. The fourth-order valence-corrected chi connectivity index (χ4v) is 3.96. The van der Waals surface area contributed by atoms with Gasteiger partial charge < -0.3 is 5.21 Å². The summed E-state index contributed by atoms with van der Waals surface area (Å²) in [7, 11) is 0. The normalized spacial score (nSPS) is 26.6. The summed E-state index contributed by atoms with van der Waals surface area (Å²) in [6.45, 7) is 5.00. The maximum Gasteiger partial charge on any atom is 0.309 e. The molecule has 0 radical (unpaired) electrons. The zero-order valence-corrected chi connectivity index (χ0v) is 14.8. The number of rotatable bonds is 8.